The fourth-order valence-corrected chi connectivity index (χ4v) is 3.21. The lowest BCUT2D eigenvalue weighted by molar-refractivity contribution is -0.124. The van der Waals surface area contributed by atoms with Crippen LogP contribution in [0.25, 0.3) is 0 Å². The van der Waals surface area contributed by atoms with E-state index >= 15 is 0 Å². The SMILES string of the molecule is COCC(C)NC(=O)CN1CCCCC1CNC(=O)CCNC(=O)OC(C)(C)C. The standard InChI is InChI=1S/C20H38N4O5/c1-15(14-28-5)23-18(26)13-24-11-7-6-8-16(24)12-22-17(25)9-10-21-19(27)29-20(2,3)4/h15-16H,6-14H2,1-5H3,(H,21,27)(H,22,25)(H,23,26). The number of alkyl carbamates (subject to hydrolysis) is 1. The molecule has 2 atom stereocenters. The summed E-state index contributed by atoms with van der Waals surface area (Å²) in [7, 11) is 1.61. The van der Waals surface area contributed by atoms with Gasteiger partial charge in [-0.25, -0.2) is 4.79 Å². The van der Waals surface area contributed by atoms with Crippen LogP contribution in [-0.2, 0) is 19.1 Å². The first kappa shape index (κ1) is 25.2. The summed E-state index contributed by atoms with van der Waals surface area (Å²) in [5.41, 5.74) is -0.565. The van der Waals surface area contributed by atoms with Gasteiger partial charge in [-0.3, -0.25) is 14.5 Å². The summed E-state index contributed by atoms with van der Waals surface area (Å²) in [6.07, 6.45) is 2.72. The second kappa shape index (κ2) is 12.6. The number of likely N-dealkylation sites (tertiary alicyclic amines) is 1. The van der Waals surface area contributed by atoms with Crippen LogP contribution in [0.4, 0.5) is 4.79 Å². The zero-order valence-electron chi connectivity index (χ0n) is 18.5. The van der Waals surface area contributed by atoms with E-state index in [1.54, 1.807) is 27.9 Å². The van der Waals surface area contributed by atoms with Crippen LogP contribution in [-0.4, -0.2) is 80.4 Å². The normalized spacial score (nSPS) is 18.6. The molecule has 2 unspecified atom stereocenters. The van der Waals surface area contributed by atoms with Crippen molar-refractivity contribution in [3.05, 3.63) is 0 Å². The first-order valence-corrected chi connectivity index (χ1v) is 10.4. The summed E-state index contributed by atoms with van der Waals surface area (Å²) in [4.78, 5) is 38.0. The first-order valence-electron chi connectivity index (χ1n) is 10.4. The van der Waals surface area contributed by atoms with Gasteiger partial charge in [0.05, 0.1) is 13.2 Å². The number of hydrogen-bond acceptors (Lipinski definition) is 6. The number of amides is 3. The molecule has 0 saturated carbocycles. The molecule has 1 rings (SSSR count). The van der Waals surface area contributed by atoms with Gasteiger partial charge in [0, 0.05) is 38.7 Å². The third-order valence-electron chi connectivity index (χ3n) is 4.47. The van der Waals surface area contributed by atoms with Crippen LogP contribution in [0.3, 0.4) is 0 Å². The summed E-state index contributed by atoms with van der Waals surface area (Å²) < 4.78 is 10.2. The molecule has 0 aromatic rings. The van der Waals surface area contributed by atoms with Gasteiger partial charge in [-0.05, 0) is 47.1 Å². The van der Waals surface area contributed by atoms with E-state index in [2.05, 4.69) is 20.9 Å². The van der Waals surface area contributed by atoms with Crippen molar-refractivity contribution >= 4 is 17.9 Å². The van der Waals surface area contributed by atoms with E-state index in [4.69, 9.17) is 9.47 Å². The predicted octanol–water partition coefficient (Wildman–Crippen LogP) is 1.02. The molecule has 0 spiro atoms. The Balaban J connectivity index is 2.33. The van der Waals surface area contributed by atoms with E-state index in [0.29, 0.717) is 19.7 Å². The molecule has 9 heteroatoms. The third kappa shape index (κ3) is 11.7. The van der Waals surface area contributed by atoms with E-state index in [-0.39, 0.29) is 36.9 Å². The number of nitrogens with zero attached hydrogens (tertiary/aromatic N) is 1. The van der Waals surface area contributed by atoms with E-state index < -0.39 is 11.7 Å². The fraction of sp³-hybridized carbons (Fsp3) is 0.850. The highest BCUT2D eigenvalue weighted by Crippen LogP contribution is 2.16. The van der Waals surface area contributed by atoms with Crippen molar-refractivity contribution in [1.82, 2.24) is 20.9 Å². The Labute approximate surface area is 174 Å². The zero-order valence-corrected chi connectivity index (χ0v) is 18.5. The summed E-state index contributed by atoms with van der Waals surface area (Å²) in [6.45, 7) is 9.60. The summed E-state index contributed by atoms with van der Waals surface area (Å²) in [5.74, 6) is -0.168. The number of ether oxygens (including phenoxy) is 2. The maximum atomic E-state index is 12.2. The van der Waals surface area contributed by atoms with E-state index in [1.807, 2.05) is 6.92 Å². The molecule has 0 aliphatic carbocycles. The van der Waals surface area contributed by atoms with Crippen molar-refractivity contribution in [1.29, 1.82) is 0 Å². The Morgan fingerprint density at radius 3 is 2.52 bits per heavy atom. The smallest absolute Gasteiger partial charge is 0.407 e. The van der Waals surface area contributed by atoms with Gasteiger partial charge in [-0.1, -0.05) is 6.42 Å². The number of rotatable bonds is 10. The Morgan fingerprint density at radius 2 is 1.86 bits per heavy atom. The molecule has 9 nitrogen and oxygen atoms in total. The number of carbonyl (C=O) groups is 3. The minimum Gasteiger partial charge on any atom is -0.444 e. The molecule has 0 aromatic carbocycles. The molecule has 1 saturated heterocycles. The lowest BCUT2D eigenvalue weighted by Gasteiger charge is -2.35. The van der Waals surface area contributed by atoms with Crippen molar-refractivity contribution in [2.24, 2.45) is 0 Å². The number of methoxy groups -OCH3 is 1. The average Bonchev–Trinajstić information content (AvgIpc) is 2.59. The van der Waals surface area contributed by atoms with Crippen molar-refractivity contribution in [2.45, 2.75) is 71.1 Å². The molecule has 1 heterocycles. The van der Waals surface area contributed by atoms with Crippen molar-refractivity contribution in [2.75, 3.05) is 39.9 Å². The average molecular weight is 415 g/mol. The summed E-state index contributed by atoms with van der Waals surface area (Å²) in [6, 6.07) is 0.0999. The van der Waals surface area contributed by atoms with Gasteiger partial charge in [0.2, 0.25) is 11.8 Å². The maximum absolute atomic E-state index is 12.2. The highest BCUT2D eigenvalue weighted by Gasteiger charge is 2.25. The lowest BCUT2D eigenvalue weighted by atomic mass is 10.0. The fourth-order valence-electron chi connectivity index (χ4n) is 3.21. The van der Waals surface area contributed by atoms with Crippen LogP contribution in [0.2, 0.25) is 0 Å². The van der Waals surface area contributed by atoms with Gasteiger partial charge in [0.15, 0.2) is 0 Å². The Bertz CT molecular complexity index is 535. The number of hydrogen-bond donors (Lipinski definition) is 3. The van der Waals surface area contributed by atoms with Crippen LogP contribution in [0.15, 0.2) is 0 Å². The molecule has 1 fully saturated rings. The monoisotopic (exact) mass is 414 g/mol. The van der Waals surface area contributed by atoms with Crippen molar-refractivity contribution in [3.8, 4) is 0 Å². The second-order valence-electron chi connectivity index (χ2n) is 8.53. The molecule has 0 radical (unpaired) electrons. The first-order chi connectivity index (χ1) is 13.6. The predicted molar refractivity (Wildman–Crippen MR) is 111 cm³/mol. The van der Waals surface area contributed by atoms with E-state index in [9.17, 15) is 14.4 Å². The van der Waals surface area contributed by atoms with Gasteiger partial charge in [0.1, 0.15) is 5.60 Å². The molecule has 3 N–H and O–H groups in total. The quantitative estimate of drug-likeness (QED) is 0.493. The Morgan fingerprint density at radius 1 is 1.14 bits per heavy atom. The lowest BCUT2D eigenvalue weighted by Crippen LogP contribution is -2.51. The Hall–Kier alpha value is -1.87. The van der Waals surface area contributed by atoms with E-state index in [1.165, 1.54) is 0 Å². The van der Waals surface area contributed by atoms with Gasteiger partial charge >= 0.3 is 6.09 Å². The Kier molecular flexibility index (Phi) is 11.0. The molecule has 168 valence electrons. The van der Waals surface area contributed by atoms with E-state index in [0.717, 1.165) is 25.8 Å². The van der Waals surface area contributed by atoms with Gasteiger partial charge in [0.25, 0.3) is 0 Å². The molecule has 0 bridgehead atoms. The molecule has 1 aliphatic rings. The van der Waals surface area contributed by atoms with Crippen LogP contribution >= 0.6 is 0 Å². The van der Waals surface area contributed by atoms with Crippen LogP contribution < -0.4 is 16.0 Å². The van der Waals surface area contributed by atoms with Crippen LogP contribution in [0.5, 0.6) is 0 Å². The highest BCUT2D eigenvalue weighted by atomic mass is 16.6. The minimum atomic E-state index is -0.565. The molecule has 29 heavy (non-hydrogen) atoms. The minimum absolute atomic E-state index is 0.0330. The van der Waals surface area contributed by atoms with Crippen molar-refractivity contribution < 1.29 is 23.9 Å². The maximum Gasteiger partial charge on any atom is 0.407 e. The molecular formula is C20H38N4O5. The third-order valence-corrected chi connectivity index (χ3v) is 4.47. The zero-order chi connectivity index (χ0) is 21.9. The molecule has 0 aromatic heterocycles. The van der Waals surface area contributed by atoms with Gasteiger partial charge in [-0.15, -0.1) is 0 Å². The number of carbonyl (C=O) groups excluding carboxylic acids is 3. The molecule has 1 aliphatic heterocycles. The topological polar surface area (TPSA) is 109 Å². The number of piperidine rings is 1. The van der Waals surface area contributed by atoms with Crippen LogP contribution in [0.1, 0.15) is 53.4 Å². The van der Waals surface area contributed by atoms with Gasteiger partial charge in [-0.2, -0.15) is 0 Å². The summed E-state index contributed by atoms with van der Waals surface area (Å²) >= 11 is 0. The van der Waals surface area contributed by atoms with Crippen LogP contribution in [0, 0.1) is 0 Å². The largest absolute Gasteiger partial charge is 0.444 e. The van der Waals surface area contributed by atoms with Crippen molar-refractivity contribution in [3.63, 3.8) is 0 Å². The van der Waals surface area contributed by atoms with Gasteiger partial charge < -0.3 is 25.4 Å². The second-order valence-corrected chi connectivity index (χ2v) is 8.53. The molecule has 3 amide bonds. The molecular weight excluding hydrogens is 376 g/mol. The number of nitrogens with one attached hydrogen (secondary N) is 3. The highest BCUT2D eigenvalue weighted by molar-refractivity contribution is 5.78. The summed E-state index contributed by atoms with van der Waals surface area (Å²) in [5, 5.41) is 8.41.